The number of hydrogen-bond donors (Lipinski definition) is 0. The summed E-state index contributed by atoms with van der Waals surface area (Å²) in [6, 6.07) is 2.43. The molecule has 0 unspecified atom stereocenters. The molecule has 0 radical (unpaired) electrons. The standard InChI is InChI=1S/C10H16N2O/c1-13-9-2-5-12(6-9)8-10(7-11)3-4-10/h9H,2-6,8H2,1H3/t9-/m1/s1. The highest BCUT2D eigenvalue weighted by atomic mass is 16.5. The van der Waals surface area contributed by atoms with Gasteiger partial charge >= 0.3 is 0 Å². The number of likely N-dealkylation sites (tertiary alicyclic amines) is 1. The molecule has 0 aromatic heterocycles. The number of hydrogen-bond acceptors (Lipinski definition) is 3. The fourth-order valence-electron chi connectivity index (χ4n) is 2.02. The van der Waals surface area contributed by atoms with Crippen LogP contribution in [0.3, 0.4) is 0 Å². The summed E-state index contributed by atoms with van der Waals surface area (Å²) >= 11 is 0. The fraction of sp³-hybridized carbons (Fsp3) is 0.900. The maximum Gasteiger partial charge on any atom is 0.0710 e. The van der Waals surface area contributed by atoms with Crippen LogP contribution in [0, 0.1) is 16.7 Å². The van der Waals surface area contributed by atoms with E-state index in [0.717, 1.165) is 38.9 Å². The van der Waals surface area contributed by atoms with E-state index in [2.05, 4.69) is 11.0 Å². The van der Waals surface area contributed by atoms with Crippen LogP contribution < -0.4 is 0 Å². The molecule has 0 N–H and O–H groups in total. The van der Waals surface area contributed by atoms with Crippen LogP contribution in [0.25, 0.3) is 0 Å². The van der Waals surface area contributed by atoms with E-state index in [1.54, 1.807) is 7.11 Å². The van der Waals surface area contributed by atoms with E-state index in [1.807, 2.05) is 0 Å². The van der Waals surface area contributed by atoms with Crippen LogP contribution in [0.15, 0.2) is 0 Å². The minimum Gasteiger partial charge on any atom is -0.380 e. The molecular weight excluding hydrogens is 164 g/mol. The third-order valence-electron chi connectivity index (χ3n) is 3.18. The van der Waals surface area contributed by atoms with Gasteiger partial charge in [0.05, 0.1) is 17.6 Å². The average molecular weight is 180 g/mol. The highest BCUT2D eigenvalue weighted by Crippen LogP contribution is 2.45. The van der Waals surface area contributed by atoms with Crippen LogP contribution in [0.1, 0.15) is 19.3 Å². The van der Waals surface area contributed by atoms with Gasteiger partial charge in [0.15, 0.2) is 0 Å². The van der Waals surface area contributed by atoms with Gasteiger partial charge in [-0.25, -0.2) is 0 Å². The Labute approximate surface area is 79.3 Å². The Balaban J connectivity index is 1.81. The largest absolute Gasteiger partial charge is 0.380 e. The Kier molecular flexibility index (Phi) is 2.27. The molecule has 0 aromatic rings. The molecule has 13 heavy (non-hydrogen) atoms. The van der Waals surface area contributed by atoms with Gasteiger partial charge in [-0.3, -0.25) is 4.90 Å². The Hall–Kier alpha value is -0.590. The van der Waals surface area contributed by atoms with E-state index in [9.17, 15) is 0 Å². The number of methoxy groups -OCH3 is 1. The lowest BCUT2D eigenvalue weighted by molar-refractivity contribution is 0.106. The Bertz CT molecular complexity index is 230. The summed E-state index contributed by atoms with van der Waals surface area (Å²) in [7, 11) is 1.77. The summed E-state index contributed by atoms with van der Waals surface area (Å²) in [5.41, 5.74) is 0.0165. The van der Waals surface area contributed by atoms with Crippen molar-refractivity contribution in [2.24, 2.45) is 5.41 Å². The molecule has 1 heterocycles. The minimum atomic E-state index is 0.0165. The third-order valence-corrected chi connectivity index (χ3v) is 3.18. The quantitative estimate of drug-likeness (QED) is 0.650. The molecule has 1 atom stereocenters. The van der Waals surface area contributed by atoms with E-state index >= 15 is 0 Å². The first-order valence-corrected chi connectivity index (χ1v) is 4.94. The van der Waals surface area contributed by atoms with Gasteiger partial charge in [0, 0.05) is 26.7 Å². The lowest BCUT2D eigenvalue weighted by Crippen LogP contribution is -2.29. The van der Waals surface area contributed by atoms with Crippen molar-refractivity contribution in [1.29, 1.82) is 5.26 Å². The molecule has 0 bridgehead atoms. The highest BCUT2D eigenvalue weighted by molar-refractivity contribution is 5.11. The molecule has 1 aliphatic carbocycles. The van der Waals surface area contributed by atoms with E-state index in [4.69, 9.17) is 10.00 Å². The number of nitrogens with zero attached hydrogens (tertiary/aromatic N) is 2. The molecule has 0 amide bonds. The van der Waals surface area contributed by atoms with Crippen molar-refractivity contribution in [1.82, 2.24) is 4.90 Å². The SMILES string of the molecule is CO[C@@H]1CCN(CC2(C#N)CC2)C1. The molecule has 3 heteroatoms. The highest BCUT2D eigenvalue weighted by Gasteiger charge is 2.45. The van der Waals surface area contributed by atoms with Crippen LogP contribution in [0.4, 0.5) is 0 Å². The van der Waals surface area contributed by atoms with Gasteiger partial charge in [-0.05, 0) is 19.3 Å². The molecule has 0 aromatic carbocycles. The first kappa shape index (κ1) is 8.98. The zero-order chi connectivity index (χ0) is 9.31. The molecule has 2 rings (SSSR count). The molecule has 1 saturated heterocycles. The average Bonchev–Trinajstić information content (AvgIpc) is 2.77. The number of rotatable bonds is 3. The topological polar surface area (TPSA) is 36.3 Å². The van der Waals surface area contributed by atoms with Gasteiger partial charge in [-0.1, -0.05) is 0 Å². The van der Waals surface area contributed by atoms with Crippen molar-refractivity contribution in [2.75, 3.05) is 26.7 Å². The first-order chi connectivity index (χ1) is 6.28. The smallest absolute Gasteiger partial charge is 0.0710 e. The van der Waals surface area contributed by atoms with Crippen LogP contribution in [-0.2, 0) is 4.74 Å². The van der Waals surface area contributed by atoms with E-state index in [0.29, 0.717) is 6.10 Å². The van der Waals surface area contributed by atoms with Gasteiger partial charge in [-0.15, -0.1) is 0 Å². The molecule has 1 saturated carbocycles. The summed E-state index contributed by atoms with van der Waals surface area (Å²) in [5.74, 6) is 0. The molecule has 2 fully saturated rings. The second kappa shape index (κ2) is 3.28. The summed E-state index contributed by atoms with van der Waals surface area (Å²) in [5, 5.41) is 8.93. The lowest BCUT2D eigenvalue weighted by atomic mass is 10.1. The normalized spacial score (nSPS) is 31.5. The van der Waals surface area contributed by atoms with Crippen molar-refractivity contribution in [3.8, 4) is 6.07 Å². The molecular formula is C10H16N2O. The predicted molar refractivity (Wildman–Crippen MR) is 49.1 cm³/mol. The second-order valence-electron chi connectivity index (χ2n) is 4.27. The molecule has 0 spiro atoms. The van der Waals surface area contributed by atoms with Gasteiger partial charge in [0.25, 0.3) is 0 Å². The zero-order valence-electron chi connectivity index (χ0n) is 8.12. The van der Waals surface area contributed by atoms with Crippen molar-refractivity contribution in [3.05, 3.63) is 0 Å². The molecule has 72 valence electrons. The molecule has 3 nitrogen and oxygen atoms in total. The van der Waals surface area contributed by atoms with E-state index < -0.39 is 0 Å². The zero-order valence-corrected chi connectivity index (χ0v) is 8.12. The Morgan fingerprint density at radius 2 is 2.38 bits per heavy atom. The van der Waals surface area contributed by atoms with E-state index in [-0.39, 0.29) is 5.41 Å². The van der Waals surface area contributed by atoms with Crippen molar-refractivity contribution in [3.63, 3.8) is 0 Å². The minimum absolute atomic E-state index is 0.0165. The summed E-state index contributed by atoms with van der Waals surface area (Å²) in [6.07, 6.45) is 3.71. The summed E-state index contributed by atoms with van der Waals surface area (Å²) in [4.78, 5) is 2.37. The maximum atomic E-state index is 8.93. The van der Waals surface area contributed by atoms with Gasteiger partial charge in [0.2, 0.25) is 0 Å². The van der Waals surface area contributed by atoms with Gasteiger partial charge in [-0.2, -0.15) is 5.26 Å². The van der Waals surface area contributed by atoms with Crippen molar-refractivity contribution < 1.29 is 4.74 Å². The lowest BCUT2D eigenvalue weighted by Gasteiger charge is -2.17. The number of nitriles is 1. The second-order valence-corrected chi connectivity index (χ2v) is 4.27. The molecule has 1 aliphatic heterocycles. The van der Waals surface area contributed by atoms with Crippen LogP contribution in [0.2, 0.25) is 0 Å². The predicted octanol–water partition coefficient (Wildman–Crippen LogP) is 1.01. The van der Waals surface area contributed by atoms with Crippen LogP contribution in [0.5, 0.6) is 0 Å². The number of ether oxygens (including phenoxy) is 1. The summed E-state index contributed by atoms with van der Waals surface area (Å²) < 4.78 is 5.29. The van der Waals surface area contributed by atoms with Crippen molar-refractivity contribution >= 4 is 0 Å². The third kappa shape index (κ3) is 1.84. The summed E-state index contributed by atoms with van der Waals surface area (Å²) in [6.45, 7) is 3.07. The fourth-order valence-corrected chi connectivity index (χ4v) is 2.02. The Morgan fingerprint density at radius 1 is 1.62 bits per heavy atom. The maximum absolute atomic E-state index is 8.93. The first-order valence-electron chi connectivity index (χ1n) is 4.94. The van der Waals surface area contributed by atoms with Gasteiger partial charge in [0.1, 0.15) is 0 Å². The van der Waals surface area contributed by atoms with Crippen LogP contribution in [-0.4, -0.2) is 37.7 Å². The Morgan fingerprint density at radius 3 is 2.85 bits per heavy atom. The van der Waals surface area contributed by atoms with E-state index in [1.165, 1.54) is 0 Å². The van der Waals surface area contributed by atoms with Crippen LogP contribution >= 0.6 is 0 Å². The molecule has 2 aliphatic rings. The van der Waals surface area contributed by atoms with Crippen molar-refractivity contribution in [2.45, 2.75) is 25.4 Å². The van der Waals surface area contributed by atoms with Gasteiger partial charge < -0.3 is 4.74 Å². The monoisotopic (exact) mass is 180 g/mol.